The number of carbonyl (C=O) groups is 1. The van der Waals surface area contributed by atoms with Crippen LogP contribution in [0.5, 0.6) is 0 Å². The first-order valence-electron chi connectivity index (χ1n) is 7.94. The van der Waals surface area contributed by atoms with Crippen LogP contribution in [0.25, 0.3) is 0 Å². The summed E-state index contributed by atoms with van der Waals surface area (Å²) in [5.41, 5.74) is 0.835. The van der Waals surface area contributed by atoms with Crippen molar-refractivity contribution in [3.8, 4) is 0 Å². The summed E-state index contributed by atoms with van der Waals surface area (Å²) in [5, 5.41) is 3.40. The summed E-state index contributed by atoms with van der Waals surface area (Å²) in [6.07, 6.45) is 6.15. The lowest BCUT2D eigenvalue weighted by Crippen LogP contribution is -2.56. The minimum Gasteiger partial charge on any atom is -0.347 e. The van der Waals surface area contributed by atoms with Gasteiger partial charge in [-0.3, -0.25) is 4.79 Å². The number of carbonyl (C=O) groups excluding carboxylic acids is 1. The highest BCUT2D eigenvalue weighted by Crippen LogP contribution is 2.47. The maximum Gasteiger partial charge on any atom is 0.251 e. The number of rotatable bonds is 2. The summed E-state index contributed by atoms with van der Waals surface area (Å²) >= 11 is 0. The van der Waals surface area contributed by atoms with Gasteiger partial charge in [0.1, 0.15) is 0 Å². The first kappa shape index (κ1) is 13.7. The van der Waals surface area contributed by atoms with Gasteiger partial charge in [-0.25, -0.2) is 0 Å². The Bertz CT molecular complexity index is 462. The Morgan fingerprint density at radius 3 is 2.25 bits per heavy atom. The normalized spacial score (nSPS) is 36.4. The molecule has 0 radical (unpaired) electrons. The van der Waals surface area contributed by atoms with Crippen LogP contribution in [0.1, 0.15) is 56.3 Å². The lowest BCUT2D eigenvalue weighted by atomic mass is 9.61. The second-order valence-corrected chi connectivity index (χ2v) is 7.26. The third-order valence-corrected chi connectivity index (χ3v) is 5.04. The molecule has 2 nitrogen and oxygen atoms in total. The molecule has 108 valence electrons. The Hall–Kier alpha value is -1.31. The molecule has 0 aliphatic heterocycles. The molecule has 1 aromatic carbocycles. The van der Waals surface area contributed by atoms with Crippen LogP contribution in [-0.4, -0.2) is 11.4 Å². The van der Waals surface area contributed by atoms with Crippen molar-refractivity contribution in [2.75, 3.05) is 0 Å². The molecule has 1 aromatic rings. The predicted octanol–water partition coefficient (Wildman–Crippen LogP) is 4.02. The lowest BCUT2D eigenvalue weighted by molar-refractivity contribution is 0.0477. The Labute approximate surface area is 122 Å². The van der Waals surface area contributed by atoms with E-state index in [1.54, 1.807) is 0 Å². The van der Waals surface area contributed by atoms with E-state index < -0.39 is 0 Å². The molecule has 2 saturated carbocycles. The molecule has 2 unspecified atom stereocenters. The highest BCUT2D eigenvalue weighted by atomic mass is 16.1. The molecule has 0 spiro atoms. The average Bonchev–Trinajstić information content (AvgIpc) is 2.37. The van der Waals surface area contributed by atoms with Crippen molar-refractivity contribution in [3.05, 3.63) is 35.9 Å². The van der Waals surface area contributed by atoms with Crippen LogP contribution >= 0.6 is 0 Å². The van der Waals surface area contributed by atoms with Crippen molar-refractivity contribution in [2.24, 2.45) is 17.8 Å². The average molecular weight is 271 g/mol. The molecule has 2 atom stereocenters. The number of fused-ring (bicyclic) bond motifs is 2. The Morgan fingerprint density at radius 2 is 1.65 bits per heavy atom. The molecule has 2 aliphatic rings. The van der Waals surface area contributed by atoms with Crippen LogP contribution in [0, 0.1) is 17.8 Å². The lowest BCUT2D eigenvalue weighted by Gasteiger charge is -2.50. The van der Waals surface area contributed by atoms with E-state index in [0.717, 1.165) is 36.2 Å². The van der Waals surface area contributed by atoms with Gasteiger partial charge < -0.3 is 5.32 Å². The quantitative estimate of drug-likeness (QED) is 0.864. The highest BCUT2D eigenvalue weighted by Gasteiger charge is 2.45. The number of hydrogen-bond acceptors (Lipinski definition) is 1. The van der Waals surface area contributed by atoms with Crippen LogP contribution in [-0.2, 0) is 0 Å². The van der Waals surface area contributed by atoms with E-state index >= 15 is 0 Å². The van der Waals surface area contributed by atoms with Crippen molar-refractivity contribution in [1.82, 2.24) is 5.32 Å². The van der Waals surface area contributed by atoms with E-state index in [4.69, 9.17) is 0 Å². The third kappa shape index (κ3) is 2.74. The first-order chi connectivity index (χ1) is 9.56. The summed E-state index contributed by atoms with van der Waals surface area (Å²) in [4.78, 5) is 12.5. The molecule has 2 fully saturated rings. The molecule has 1 amide bonds. The number of nitrogens with one attached hydrogen (secondary N) is 1. The second kappa shape index (κ2) is 5.23. The fourth-order valence-electron chi connectivity index (χ4n) is 4.76. The van der Waals surface area contributed by atoms with Crippen molar-refractivity contribution in [3.63, 3.8) is 0 Å². The van der Waals surface area contributed by atoms with Crippen LogP contribution in [0.15, 0.2) is 30.3 Å². The van der Waals surface area contributed by atoms with Gasteiger partial charge in [0, 0.05) is 11.1 Å². The van der Waals surface area contributed by atoms with E-state index in [-0.39, 0.29) is 11.4 Å². The molecule has 0 heterocycles. The minimum atomic E-state index is 0.0485. The van der Waals surface area contributed by atoms with E-state index in [1.165, 1.54) is 19.3 Å². The fraction of sp³-hybridized carbons (Fsp3) is 0.611. The van der Waals surface area contributed by atoms with Gasteiger partial charge in [0.25, 0.3) is 5.91 Å². The minimum absolute atomic E-state index is 0.0485. The van der Waals surface area contributed by atoms with Gasteiger partial charge in [-0.15, -0.1) is 0 Å². The van der Waals surface area contributed by atoms with Gasteiger partial charge in [0.05, 0.1) is 0 Å². The standard InChI is InChI=1S/C18H25NO/c1-13-8-15-9-14(2)11-18(10-13,12-15)19-17(20)16-6-4-3-5-7-16/h3-7,13-15H,8-12H2,1-2H3,(H,19,20). The zero-order valence-corrected chi connectivity index (χ0v) is 12.6. The predicted molar refractivity (Wildman–Crippen MR) is 81.5 cm³/mol. The molecule has 0 aromatic heterocycles. The molecular formula is C18H25NO. The van der Waals surface area contributed by atoms with Crippen LogP contribution < -0.4 is 5.32 Å². The van der Waals surface area contributed by atoms with E-state index in [9.17, 15) is 4.79 Å². The molecule has 2 heteroatoms. The Kier molecular flexibility index (Phi) is 3.57. The van der Waals surface area contributed by atoms with Crippen molar-refractivity contribution in [1.29, 1.82) is 0 Å². The summed E-state index contributed by atoms with van der Waals surface area (Å²) in [6, 6.07) is 9.63. The second-order valence-electron chi connectivity index (χ2n) is 7.26. The van der Waals surface area contributed by atoms with Gasteiger partial charge in [-0.1, -0.05) is 32.0 Å². The number of benzene rings is 1. The number of hydrogen-bond donors (Lipinski definition) is 1. The zero-order chi connectivity index (χ0) is 14.2. The highest BCUT2D eigenvalue weighted by molar-refractivity contribution is 5.94. The van der Waals surface area contributed by atoms with Gasteiger partial charge in [-0.05, 0) is 62.0 Å². The maximum atomic E-state index is 12.5. The molecule has 1 N–H and O–H groups in total. The monoisotopic (exact) mass is 271 g/mol. The topological polar surface area (TPSA) is 29.1 Å². The molecule has 0 saturated heterocycles. The zero-order valence-electron chi connectivity index (χ0n) is 12.6. The largest absolute Gasteiger partial charge is 0.347 e. The molecule has 2 aliphatic carbocycles. The van der Waals surface area contributed by atoms with Crippen molar-refractivity contribution < 1.29 is 4.79 Å². The van der Waals surface area contributed by atoms with Gasteiger partial charge >= 0.3 is 0 Å². The van der Waals surface area contributed by atoms with Crippen molar-refractivity contribution >= 4 is 5.91 Å². The van der Waals surface area contributed by atoms with Gasteiger partial charge in [0.15, 0.2) is 0 Å². The molecular weight excluding hydrogens is 246 g/mol. The summed E-state index contributed by atoms with van der Waals surface area (Å²) in [5.74, 6) is 2.38. The first-order valence-corrected chi connectivity index (χ1v) is 7.94. The van der Waals surface area contributed by atoms with E-state index in [0.29, 0.717) is 0 Å². The van der Waals surface area contributed by atoms with Crippen LogP contribution in [0.3, 0.4) is 0 Å². The Balaban J connectivity index is 1.78. The van der Waals surface area contributed by atoms with Gasteiger partial charge in [-0.2, -0.15) is 0 Å². The maximum absolute atomic E-state index is 12.5. The number of amides is 1. The summed E-state index contributed by atoms with van der Waals surface area (Å²) in [7, 11) is 0. The van der Waals surface area contributed by atoms with E-state index in [1.807, 2.05) is 30.3 Å². The molecule has 20 heavy (non-hydrogen) atoms. The van der Waals surface area contributed by atoms with Crippen LogP contribution in [0.2, 0.25) is 0 Å². The fourth-order valence-corrected chi connectivity index (χ4v) is 4.76. The Morgan fingerprint density at radius 1 is 1.05 bits per heavy atom. The molecule has 2 bridgehead atoms. The van der Waals surface area contributed by atoms with E-state index in [2.05, 4.69) is 19.2 Å². The summed E-state index contributed by atoms with van der Waals surface area (Å²) in [6.45, 7) is 4.68. The smallest absolute Gasteiger partial charge is 0.251 e. The third-order valence-electron chi connectivity index (χ3n) is 5.04. The van der Waals surface area contributed by atoms with Crippen molar-refractivity contribution in [2.45, 2.75) is 51.5 Å². The molecule has 3 rings (SSSR count). The summed E-state index contributed by atoms with van der Waals surface area (Å²) < 4.78 is 0. The van der Waals surface area contributed by atoms with Crippen LogP contribution in [0.4, 0.5) is 0 Å². The van der Waals surface area contributed by atoms with Gasteiger partial charge in [0.2, 0.25) is 0 Å². The SMILES string of the molecule is CC1CC2CC(C)CC(NC(=O)c3ccccc3)(C1)C2.